The van der Waals surface area contributed by atoms with Crippen molar-refractivity contribution in [2.24, 2.45) is 0 Å². The van der Waals surface area contributed by atoms with Gasteiger partial charge in [-0.15, -0.1) is 0 Å². The fourth-order valence-corrected chi connectivity index (χ4v) is 2.79. The molecule has 0 aliphatic heterocycles. The maximum absolute atomic E-state index is 12.4. The van der Waals surface area contributed by atoms with E-state index in [0.29, 0.717) is 10.9 Å². The fourth-order valence-electron chi connectivity index (χ4n) is 2.43. The number of halogens is 2. The van der Waals surface area contributed by atoms with Gasteiger partial charge in [-0.05, 0) is 49.1 Å². The summed E-state index contributed by atoms with van der Waals surface area (Å²) in [5.74, 6) is -0.808. The second-order valence-corrected chi connectivity index (χ2v) is 6.90. The van der Waals surface area contributed by atoms with Crippen molar-refractivity contribution < 1.29 is 14.3 Å². The summed E-state index contributed by atoms with van der Waals surface area (Å²) in [7, 11) is 0. The molecule has 0 saturated heterocycles. The van der Waals surface area contributed by atoms with E-state index in [-0.39, 0.29) is 10.6 Å². The number of nitrogens with one attached hydrogen (secondary N) is 1. The lowest BCUT2D eigenvalue weighted by Gasteiger charge is -2.18. The average Bonchev–Trinajstić information content (AvgIpc) is 2.63. The molecule has 2 atom stereocenters. The molecular weight excluding hydrogens is 373 g/mol. The van der Waals surface area contributed by atoms with Gasteiger partial charge >= 0.3 is 5.97 Å². The van der Waals surface area contributed by atoms with Crippen LogP contribution in [0.2, 0.25) is 10.0 Å². The lowest BCUT2D eigenvalue weighted by Crippen LogP contribution is -2.30. The lowest BCUT2D eigenvalue weighted by atomic mass is 9.97. The Balaban J connectivity index is 2.09. The molecule has 0 radical (unpaired) electrons. The predicted molar refractivity (Wildman–Crippen MR) is 105 cm³/mol. The first-order valence-corrected chi connectivity index (χ1v) is 9.14. The molecule has 2 rings (SSSR count). The third-order valence-corrected chi connectivity index (χ3v) is 4.73. The zero-order valence-electron chi connectivity index (χ0n) is 14.9. The molecule has 26 heavy (non-hydrogen) atoms. The van der Waals surface area contributed by atoms with Crippen molar-refractivity contribution in [1.29, 1.82) is 0 Å². The molecule has 138 valence electrons. The molecule has 6 heteroatoms. The Morgan fingerprint density at radius 3 is 2.50 bits per heavy atom. The highest BCUT2D eigenvalue weighted by molar-refractivity contribution is 6.35. The quantitative estimate of drug-likeness (QED) is 0.641. The van der Waals surface area contributed by atoms with Crippen molar-refractivity contribution >= 4 is 40.8 Å². The first-order chi connectivity index (χ1) is 12.3. The summed E-state index contributed by atoms with van der Waals surface area (Å²) in [6.45, 7) is 5.69. The lowest BCUT2D eigenvalue weighted by molar-refractivity contribution is -0.123. The highest BCUT2D eigenvalue weighted by Gasteiger charge is 2.22. The van der Waals surface area contributed by atoms with E-state index in [4.69, 9.17) is 27.9 Å². The minimum Gasteiger partial charge on any atom is -0.449 e. The molecule has 0 fully saturated rings. The Morgan fingerprint density at radius 2 is 1.81 bits per heavy atom. The molecule has 0 unspecified atom stereocenters. The van der Waals surface area contributed by atoms with Gasteiger partial charge in [0.1, 0.15) is 0 Å². The number of hydrogen-bond acceptors (Lipinski definition) is 3. The minimum atomic E-state index is -0.984. The van der Waals surface area contributed by atoms with E-state index in [9.17, 15) is 9.59 Å². The van der Waals surface area contributed by atoms with E-state index in [1.807, 2.05) is 24.3 Å². The Hall–Kier alpha value is -2.04. The van der Waals surface area contributed by atoms with Gasteiger partial charge in [0.25, 0.3) is 5.91 Å². The highest BCUT2D eigenvalue weighted by atomic mass is 35.5. The van der Waals surface area contributed by atoms with Crippen LogP contribution in [0.5, 0.6) is 0 Å². The van der Waals surface area contributed by atoms with E-state index in [0.717, 1.165) is 17.7 Å². The third-order valence-electron chi connectivity index (χ3n) is 4.16. The summed E-state index contributed by atoms with van der Waals surface area (Å²) in [4.78, 5) is 24.7. The number of ether oxygens (including phenoxy) is 1. The molecule has 2 aromatic carbocycles. The monoisotopic (exact) mass is 393 g/mol. The summed E-state index contributed by atoms with van der Waals surface area (Å²) in [5.41, 5.74) is 1.88. The fraction of sp³-hybridized carbons (Fsp3) is 0.300. The van der Waals surface area contributed by atoms with E-state index >= 15 is 0 Å². The molecule has 1 amide bonds. The molecule has 0 bridgehead atoms. The Morgan fingerprint density at radius 1 is 1.12 bits per heavy atom. The molecule has 0 spiro atoms. The van der Waals surface area contributed by atoms with Crippen LogP contribution >= 0.6 is 23.2 Å². The third kappa shape index (κ3) is 4.99. The van der Waals surface area contributed by atoms with Gasteiger partial charge < -0.3 is 10.1 Å². The van der Waals surface area contributed by atoms with Gasteiger partial charge in [-0.2, -0.15) is 0 Å². The smallest absolute Gasteiger partial charge is 0.340 e. The standard InChI is InChI=1S/C20H21Cl2NO3/c1-4-12(2)15-7-5-6-8-18(15)23-19(24)13(3)26-20(25)16-11-14(21)9-10-17(16)22/h5-13H,4H2,1-3H3,(H,23,24)/t12-,13-/m1/s1. The van der Waals surface area contributed by atoms with E-state index in [1.165, 1.54) is 19.1 Å². The maximum atomic E-state index is 12.4. The number of hydrogen-bond donors (Lipinski definition) is 1. The van der Waals surface area contributed by atoms with Gasteiger partial charge in [-0.3, -0.25) is 4.79 Å². The van der Waals surface area contributed by atoms with Crippen LogP contribution in [0.3, 0.4) is 0 Å². The summed E-state index contributed by atoms with van der Waals surface area (Å²) in [5, 5.41) is 3.41. The van der Waals surface area contributed by atoms with E-state index in [2.05, 4.69) is 19.2 Å². The van der Waals surface area contributed by atoms with Gasteiger partial charge in [-0.1, -0.05) is 55.2 Å². The largest absolute Gasteiger partial charge is 0.449 e. The topological polar surface area (TPSA) is 55.4 Å². The average molecular weight is 394 g/mol. The van der Waals surface area contributed by atoms with Crippen LogP contribution in [0.1, 0.15) is 49.0 Å². The molecule has 0 heterocycles. The van der Waals surface area contributed by atoms with Crippen LogP contribution in [0.25, 0.3) is 0 Å². The Labute approximate surface area is 163 Å². The molecular formula is C20H21Cl2NO3. The van der Waals surface area contributed by atoms with Crippen molar-refractivity contribution in [3.05, 3.63) is 63.6 Å². The van der Waals surface area contributed by atoms with Gasteiger partial charge in [0.2, 0.25) is 0 Å². The predicted octanol–water partition coefficient (Wildman–Crippen LogP) is 5.69. The normalized spacial score (nSPS) is 13.0. The summed E-state index contributed by atoms with van der Waals surface area (Å²) < 4.78 is 5.24. The highest BCUT2D eigenvalue weighted by Crippen LogP contribution is 2.27. The van der Waals surface area contributed by atoms with Crippen LogP contribution in [0, 0.1) is 0 Å². The van der Waals surface area contributed by atoms with Crippen LogP contribution in [0.4, 0.5) is 5.69 Å². The second-order valence-electron chi connectivity index (χ2n) is 6.06. The second kappa shape index (κ2) is 9.06. The van der Waals surface area contributed by atoms with E-state index < -0.39 is 18.0 Å². The van der Waals surface area contributed by atoms with Crippen LogP contribution < -0.4 is 5.32 Å². The number of carbonyl (C=O) groups is 2. The van der Waals surface area contributed by atoms with Crippen LogP contribution in [-0.4, -0.2) is 18.0 Å². The number of amides is 1. The molecule has 0 aliphatic rings. The van der Waals surface area contributed by atoms with Crippen molar-refractivity contribution in [2.45, 2.75) is 39.2 Å². The molecule has 2 aromatic rings. The maximum Gasteiger partial charge on any atom is 0.340 e. The first-order valence-electron chi connectivity index (χ1n) is 8.39. The van der Waals surface area contributed by atoms with Crippen LogP contribution in [0.15, 0.2) is 42.5 Å². The molecule has 0 saturated carbocycles. The number of anilines is 1. The van der Waals surface area contributed by atoms with Crippen molar-refractivity contribution in [3.8, 4) is 0 Å². The number of esters is 1. The molecule has 0 aliphatic carbocycles. The Kier molecular flexibility index (Phi) is 7.06. The van der Waals surface area contributed by atoms with Gasteiger partial charge in [0.05, 0.1) is 10.6 Å². The summed E-state index contributed by atoms with van der Waals surface area (Å²) in [6, 6.07) is 12.1. The van der Waals surface area contributed by atoms with Crippen molar-refractivity contribution in [2.75, 3.05) is 5.32 Å². The summed E-state index contributed by atoms with van der Waals surface area (Å²) >= 11 is 11.9. The number of para-hydroxylation sites is 1. The van der Waals surface area contributed by atoms with Crippen molar-refractivity contribution in [3.63, 3.8) is 0 Å². The molecule has 1 N–H and O–H groups in total. The van der Waals surface area contributed by atoms with E-state index in [1.54, 1.807) is 6.07 Å². The number of rotatable bonds is 6. The molecule has 4 nitrogen and oxygen atoms in total. The van der Waals surface area contributed by atoms with Gasteiger partial charge in [0, 0.05) is 10.7 Å². The van der Waals surface area contributed by atoms with Crippen LogP contribution in [-0.2, 0) is 9.53 Å². The van der Waals surface area contributed by atoms with Gasteiger partial charge in [-0.25, -0.2) is 4.79 Å². The minimum absolute atomic E-state index is 0.124. The Bertz CT molecular complexity index is 807. The first kappa shape index (κ1) is 20.3. The van der Waals surface area contributed by atoms with Gasteiger partial charge in [0.15, 0.2) is 6.10 Å². The molecule has 0 aromatic heterocycles. The number of carbonyl (C=O) groups excluding carboxylic acids is 2. The number of benzene rings is 2. The summed E-state index contributed by atoms with van der Waals surface area (Å²) in [6.07, 6.45) is -0.0347. The zero-order chi connectivity index (χ0) is 19.3. The van der Waals surface area contributed by atoms with Crippen molar-refractivity contribution in [1.82, 2.24) is 0 Å². The zero-order valence-corrected chi connectivity index (χ0v) is 16.4. The SMILES string of the molecule is CC[C@@H](C)c1ccccc1NC(=O)[C@@H](C)OC(=O)c1cc(Cl)ccc1Cl.